The van der Waals surface area contributed by atoms with Crippen molar-refractivity contribution in [1.29, 1.82) is 0 Å². The number of aromatic nitrogens is 3. The zero-order valence-corrected chi connectivity index (χ0v) is 22.7. The number of carbonyl (C=O) groups is 1. The van der Waals surface area contributed by atoms with Gasteiger partial charge < -0.3 is 5.32 Å². The lowest BCUT2D eigenvalue weighted by molar-refractivity contribution is -0.124. The average molecular weight is 540 g/mol. The second-order valence-electron chi connectivity index (χ2n) is 8.96. The first-order chi connectivity index (χ1) is 17.3. The highest BCUT2D eigenvalue weighted by Gasteiger charge is 2.26. The number of amides is 1. The van der Waals surface area contributed by atoms with Crippen molar-refractivity contribution >= 4 is 40.9 Å². The van der Waals surface area contributed by atoms with E-state index in [2.05, 4.69) is 46.7 Å². The Morgan fingerprint density at radius 2 is 1.72 bits per heavy atom. The smallest absolute Gasteiger partial charge is 0.223 e. The van der Waals surface area contributed by atoms with Gasteiger partial charge in [-0.15, -0.1) is 10.2 Å². The van der Waals surface area contributed by atoms with Crippen LogP contribution in [-0.2, 0) is 17.0 Å². The Kier molecular flexibility index (Phi) is 8.72. The third kappa shape index (κ3) is 6.49. The number of halogens is 2. The molecule has 5 nitrogen and oxygen atoms in total. The molecule has 0 spiro atoms. The lowest BCUT2D eigenvalue weighted by Gasteiger charge is -2.21. The predicted octanol–water partition coefficient (Wildman–Crippen LogP) is 7.23. The number of nitrogens with one attached hydrogen (secondary N) is 1. The van der Waals surface area contributed by atoms with Crippen LogP contribution in [0.2, 0.25) is 10.0 Å². The van der Waals surface area contributed by atoms with Gasteiger partial charge >= 0.3 is 0 Å². The van der Waals surface area contributed by atoms with Crippen molar-refractivity contribution in [3.8, 4) is 5.69 Å². The fraction of sp³-hybridized carbons (Fsp3) is 0.250. The van der Waals surface area contributed by atoms with Gasteiger partial charge in [0.25, 0.3) is 0 Å². The molecule has 1 N–H and O–H groups in total. The van der Waals surface area contributed by atoms with Crippen LogP contribution in [0.4, 0.5) is 0 Å². The highest BCUT2D eigenvalue weighted by Crippen LogP contribution is 2.33. The summed E-state index contributed by atoms with van der Waals surface area (Å²) < 4.78 is 1.94. The first kappa shape index (κ1) is 26.3. The molecule has 8 heteroatoms. The molecular formula is C28H28Cl2N4OS. The maximum atomic E-state index is 12.8. The van der Waals surface area contributed by atoms with E-state index in [4.69, 9.17) is 23.2 Å². The summed E-state index contributed by atoms with van der Waals surface area (Å²) >= 11 is 14.4. The summed E-state index contributed by atoms with van der Waals surface area (Å²) in [4.78, 5) is 12.8. The summed E-state index contributed by atoms with van der Waals surface area (Å²) in [5.41, 5.74) is 4.18. The lowest BCUT2D eigenvalue weighted by Crippen LogP contribution is -2.34. The van der Waals surface area contributed by atoms with Gasteiger partial charge in [-0.3, -0.25) is 9.36 Å². The van der Waals surface area contributed by atoms with Crippen LogP contribution in [0.5, 0.6) is 0 Å². The molecule has 0 fully saturated rings. The Balaban J connectivity index is 1.77. The number of carbonyl (C=O) groups excluding carboxylic acids is 1. The van der Waals surface area contributed by atoms with E-state index in [1.807, 2.05) is 54.8 Å². The fourth-order valence-corrected chi connectivity index (χ4v) is 5.22. The number of hydrogen-bond acceptors (Lipinski definition) is 4. The Morgan fingerprint density at radius 3 is 2.42 bits per heavy atom. The molecule has 0 saturated heterocycles. The molecule has 1 unspecified atom stereocenters. The third-order valence-electron chi connectivity index (χ3n) is 5.69. The van der Waals surface area contributed by atoms with E-state index in [-0.39, 0.29) is 11.8 Å². The predicted molar refractivity (Wildman–Crippen MR) is 148 cm³/mol. The van der Waals surface area contributed by atoms with Gasteiger partial charge in [-0.2, -0.15) is 0 Å². The normalized spacial score (nSPS) is 12.1. The Labute approximate surface area is 226 Å². The SMILES string of the molecule is Cc1cccc(CSc2nnc(C(Cc3ccccc3)NC(=O)C(C)C)n2-c2ccc(Cl)cc2Cl)c1. The van der Waals surface area contributed by atoms with E-state index < -0.39 is 6.04 Å². The van der Waals surface area contributed by atoms with Gasteiger partial charge in [0.2, 0.25) is 5.91 Å². The molecule has 1 heterocycles. The zero-order chi connectivity index (χ0) is 25.7. The van der Waals surface area contributed by atoms with Gasteiger partial charge in [-0.1, -0.05) is 109 Å². The standard InChI is InChI=1S/C28H28Cl2N4OS/c1-18(2)27(35)31-24(15-20-9-5-4-6-10-20)26-32-33-28(36-17-21-11-7-8-19(3)14-21)34(26)25-13-12-22(29)16-23(25)30/h4-14,16,18,24H,15,17H2,1-3H3,(H,31,35). The minimum Gasteiger partial charge on any atom is -0.345 e. The monoisotopic (exact) mass is 538 g/mol. The maximum absolute atomic E-state index is 12.8. The number of hydrogen-bond donors (Lipinski definition) is 1. The van der Waals surface area contributed by atoms with E-state index in [0.717, 1.165) is 5.56 Å². The van der Waals surface area contributed by atoms with Crippen LogP contribution in [0, 0.1) is 12.8 Å². The van der Waals surface area contributed by atoms with Crippen molar-refractivity contribution in [2.24, 2.45) is 5.92 Å². The number of aryl methyl sites for hydroxylation is 1. The first-order valence-corrected chi connectivity index (χ1v) is 13.5. The molecule has 1 atom stereocenters. The zero-order valence-electron chi connectivity index (χ0n) is 20.4. The quantitative estimate of drug-likeness (QED) is 0.228. The van der Waals surface area contributed by atoms with Crippen LogP contribution >= 0.6 is 35.0 Å². The molecule has 1 amide bonds. The molecule has 36 heavy (non-hydrogen) atoms. The Bertz CT molecular complexity index is 1340. The highest BCUT2D eigenvalue weighted by molar-refractivity contribution is 7.98. The molecule has 4 rings (SSSR count). The molecule has 4 aromatic rings. The van der Waals surface area contributed by atoms with Gasteiger partial charge in [0.15, 0.2) is 11.0 Å². The molecule has 1 aromatic heterocycles. The Morgan fingerprint density at radius 1 is 0.972 bits per heavy atom. The van der Waals surface area contributed by atoms with Crippen molar-refractivity contribution in [2.75, 3.05) is 0 Å². The van der Waals surface area contributed by atoms with Gasteiger partial charge in [-0.25, -0.2) is 0 Å². The number of thioether (sulfide) groups is 1. The van der Waals surface area contributed by atoms with Crippen LogP contribution in [0.15, 0.2) is 78.0 Å². The van der Waals surface area contributed by atoms with E-state index in [1.165, 1.54) is 11.1 Å². The maximum Gasteiger partial charge on any atom is 0.223 e. The van der Waals surface area contributed by atoms with Gasteiger partial charge in [0.05, 0.1) is 16.8 Å². The lowest BCUT2D eigenvalue weighted by atomic mass is 10.0. The van der Waals surface area contributed by atoms with Gasteiger partial charge in [0, 0.05) is 16.7 Å². The molecule has 0 bridgehead atoms. The van der Waals surface area contributed by atoms with Crippen LogP contribution in [0.25, 0.3) is 5.69 Å². The van der Waals surface area contributed by atoms with Crippen molar-refractivity contribution in [3.05, 3.63) is 105 Å². The molecule has 0 saturated carbocycles. The molecular weight excluding hydrogens is 511 g/mol. The Hall–Kier alpha value is -2.80. The summed E-state index contributed by atoms with van der Waals surface area (Å²) in [5.74, 6) is 1.10. The van der Waals surface area contributed by atoms with Crippen molar-refractivity contribution in [2.45, 2.75) is 44.1 Å². The van der Waals surface area contributed by atoms with Crippen molar-refractivity contribution in [1.82, 2.24) is 20.1 Å². The summed E-state index contributed by atoms with van der Waals surface area (Å²) in [7, 11) is 0. The summed E-state index contributed by atoms with van der Waals surface area (Å²) in [6, 6.07) is 23.4. The van der Waals surface area contributed by atoms with Crippen LogP contribution in [-0.4, -0.2) is 20.7 Å². The second-order valence-corrected chi connectivity index (χ2v) is 10.7. The minimum absolute atomic E-state index is 0.0540. The van der Waals surface area contributed by atoms with Gasteiger partial charge in [0.1, 0.15) is 0 Å². The third-order valence-corrected chi connectivity index (χ3v) is 7.23. The van der Waals surface area contributed by atoms with Crippen LogP contribution < -0.4 is 5.32 Å². The average Bonchev–Trinajstić information content (AvgIpc) is 3.26. The van der Waals surface area contributed by atoms with Gasteiger partial charge in [-0.05, 0) is 42.7 Å². The molecule has 0 aliphatic carbocycles. The first-order valence-electron chi connectivity index (χ1n) is 11.7. The molecule has 0 radical (unpaired) electrons. The minimum atomic E-state index is -0.408. The van der Waals surface area contributed by atoms with Crippen molar-refractivity contribution < 1.29 is 4.79 Å². The van der Waals surface area contributed by atoms with E-state index in [1.54, 1.807) is 23.9 Å². The van der Waals surface area contributed by atoms with E-state index in [9.17, 15) is 4.79 Å². The molecule has 0 aliphatic heterocycles. The van der Waals surface area contributed by atoms with Crippen LogP contribution in [0.3, 0.4) is 0 Å². The largest absolute Gasteiger partial charge is 0.345 e. The topological polar surface area (TPSA) is 59.8 Å². The molecule has 0 aliphatic rings. The van der Waals surface area contributed by atoms with E-state index >= 15 is 0 Å². The molecule has 3 aromatic carbocycles. The van der Waals surface area contributed by atoms with Crippen LogP contribution in [0.1, 0.15) is 42.4 Å². The summed E-state index contributed by atoms with van der Waals surface area (Å²) in [6.07, 6.45) is 0.561. The number of nitrogens with zero attached hydrogens (tertiary/aromatic N) is 3. The number of rotatable bonds is 9. The fourth-order valence-electron chi connectivity index (χ4n) is 3.83. The van der Waals surface area contributed by atoms with Crippen molar-refractivity contribution in [3.63, 3.8) is 0 Å². The highest BCUT2D eigenvalue weighted by atomic mass is 35.5. The molecule has 186 valence electrons. The summed E-state index contributed by atoms with van der Waals surface area (Å²) in [6.45, 7) is 5.82. The second kappa shape index (κ2) is 12.0. The van der Waals surface area contributed by atoms with E-state index in [0.29, 0.717) is 38.9 Å². The number of benzene rings is 3. The summed E-state index contributed by atoms with van der Waals surface area (Å²) in [5, 5.41) is 14.0.